The first-order chi connectivity index (χ1) is 15.2. The lowest BCUT2D eigenvalue weighted by molar-refractivity contribution is 0.102. The van der Waals surface area contributed by atoms with E-state index in [0.29, 0.717) is 17.1 Å². The Hall–Kier alpha value is -3.54. The van der Waals surface area contributed by atoms with Gasteiger partial charge in [0.1, 0.15) is 5.75 Å². The third-order valence-electron chi connectivity index (χ3n) is 4.33. The molecule has 0 unspecified atom stereocenters. The van der Waals surface area contributed by atoms with Gasteiger partial charge in [-0.25, -0.2) is 22.7 Å². The number of hydrogen-bond acceptors (Lipinski definition) is 6. The van der Waals surface area contributed by atoms with E-state index >= 15 is 0 Å². The second kappa shape index (κ2) is 9.73. The Balaban J connectivity index is 1.79. The Morgan fingerprint density at radius 2 is 1.56 bits per heavy atom. The van der Waals surface area contributed by atoms with E-state index in [1.54, 1.807) is 36.4 Å². The summed E-state index contributed by atoms with van der Waals surface area (Å²) in [4.78, 5) is 25.2. The van der Waals surface area contributed by atoms with Gasteiger partial charge >= 0.3 is 6.03 Å². The number of carbonyl (C=O) groups is 2. The number of thiol groups is 1. The summed E-state index contributed by atoms with van der Waals surface area (Å²) in [5, 5.41) is 10.4. The van der Waals surface area contributed by atoms with Gasteiger partial charge in [-0.05, 0) is 54.6 Å². The van der Waals surface area contributed by atoms with Gasteiger partial charge in [0.05, 0.1) is 17.7 Å². The minimum absolute atomic E-state index is 0.0861. The Labute approximate surface area is 190 Å². The largest absolute Gasteiger partial charge is 0.495 e. The van der Waals surface area contributed by atoms with E-state index in [9.17, 15) is 18.0 Å². The molecule has 0 saturated carbocycles. The van der Waals surface area contributed by atoms with Crippen LogP contribution in [-0.4, -0.2) is 27.5 Å². The Morgan fingerprint density at radius 3 is 2.16 bits per heavy atom. The number of nitrogens with one attached hydrogen (secondary N) is 2. The zero-order valence-electron chi connectivity index (χ0n) is 16.8. The number of ether oxygens (including phenoxy) is 1. The number of rotatable bonds is 6. The van der Waals surface area contributed by atoms with Crippen LogP contribution in [0.5, 0.6) is 5.75 Å². The van der Waals surface area contributed by atoms with Gasteiger partial charge < -0.3 is 15.4 Å². The van der Waals surface area contributed by atoms with Gasteiger partial charge in [-0.15, -0.1) is 0 Å². The van der Waals surface area contributed by atoms with E-state index < -0.39 is 16.1 Å². The first-order valence-corrected chi connectivity index (χ1v) is 11.1. The van der Waals surface area contributed by atoms with Crippen molar-refractivity contribution in [2.75, 3.05) is 22.0 Å². The van der Waals surface area contributed by atoms with Gasteiger partial charge in [0.15, 0.2) is 0 Å². The number of amides is 3. The summed E-state index contributed by atoms with van der Waals surface area (Å²) in [6, 6.07) is 18.2. The quantitative estimate of drug-likeness (QED) is 0.408. The molecule has 0 saturated heterocycles. The van der Waals surface area contributed by atoms with Crippen molar-refractivity contribution in [1.29, 1.82) is 0 Å². The normalized spacial score (nSPS) is 10.8. The zero-order chi connectivity index (χ0) is 23.3. The van der Waals surface area contributed by atoms with Crippen molar-refractivity contribution in [3.8, 4) is 5.75 Å². The standard InChI is InChI=1S/C21H20N4O5S2/c1-30-19-12-7-14(20(26)23-15-5-3-2-4-6-15)13-18(19)25(31)21(27)24-16-8-10-17(11-9-16)32(22,28)29/h2-13,31H,1H3,(H,23,26)(H,24,27)(H2,22,28,29). The first-order valence-electron chi connectivity index (χ1n) is 9.16. The minimum Gasteiger partial charge on any atom is -0.495 e. The number of nitrogens with zero attached hydrogens (tertiary/aromatic N) is 1. The summed E-state index contributed by atoms with van der Waals surface area (Å²) in [6.07, 6.45) is 0. The van der Waals surface area contributed by atoms with Crippen molar-refractivity contribution in [3.63, 3.8) is 0 Å². The molecule has 0 aliphatic heterocycles. The molecule has 0 aromatic heterocycles. The smallest absolute Gasteiger partial charge is 0.336 e. The van der Waals surface area contributed by atoms with Crippen LogP contribution in [0.2, 0.25) is 0 Å². The summed E-state index contributed by atoms with van der Waals surface area (Å²) in [5.41, 5.74) is 1.46. The maximum Gasteiger partial charge on any atom is 0.336 e. The fourth-order valence-electron chi connectivity index (χ4n) is 2.74. The van der Waals surface area contributed by atoms with Crippen molar-refractivity contribution in [2.24, 2.45) is 5.14 Å². The number of anilines is 3. The lowest BCUT2D eigenvalue weighted by atomic mass is 10.1. The molecule has 0 heterocycles. The average Bonchev–Trinajstić information content (AvgIpc) is 2.78. The fraction of sp³-hybridized carbons (Fsp3) is 0.0476. The molecule has 32 heavy (non-hydrogen) atoms. The van der Waals surface area contributed by atoms with Crippen LogP contribution >= 0.6 is 12.8 Å². The van der Waals surface area contributed by atoms with Crippen LogP contribution in [0.3, 0.4) is 0 Å². The van der Waals surface area contributed by atoms with Crippen LogP contribution in [0.1, 0.15) is 10.4 Å². The molecule has 9 nitrogen and oxygen atoms in total. The van der Waals surface area contributed by atoms with E-state index in [1.165, 1.54) is 37.4 Å². The maximum absolute atomic E-state index is 12.7. The number of hydrogen-bond donors (Lipinski definition) is 4. The summed E-state index contributed by atoms with van der Waals surface area (Å²) < 4.78 is 29.0. The fourth-order valence-corrected chi connectivity index (χ4v) is 3.46. The molecule has 11 heteroatoms. The molecule has 4 N–H and O–H groups in total. The van der Waals surface area contributed by atoms with Crippen molar-refractivity contribution in [3.05, 3.63) is 78.4 Å². The van der Waals surface area contributed by atoms with E-state index in [2.05, 4.69) is 23.4 Å². The van der Waals surface area contributed by atoms with Crippen LogP contribution in [0.4, 0.5) is 21.9 Å². The summed E-state index contributed by atoms with van der Waals surface area (Å²) in [7, 11) is -2.42. The van der Waals surface area contributed by atoms with E-state index in [1.807, 2.05) is 6.07 Å². The van der Waals surface area contributed by atoms with Gasteiger partial charge in [-0.3, -0.25) is 4.79 Å². The van der Waals surface area contributed by atoms with Crippen LogP contribution in [0.25, 0.3) is 0 Å². The molecule has 3 aromatic rings. The number of sulfonamides is 1. The second-order valence-electron chi connectivity index (χ2n) is 6.52. The molecule has 0 radical (unpaired) electrons. The number of para-hydroxylation sites is 1. The molecule has 0 aliphatic carbocycles. The highest BCUT2D eigenvalue weighted by molar-refractivity contribution is 7.89. The lowest BCUT2D eigenvalue weighted by Crippen LogP contribution is -2.27. The highest BCUT2D eigenvalue weighted by Crippen LogP contribution is 2.31. The Bertz CT molecular complexity index is 1230. The van der Waals surface area contributed by atoms with E-state index in [4.69, 9.17) is 9.88 Å². The molecule has 3 amide bonds. The monoisotopic (exact) mass is 472 g/mol. The molecule has 0 spiro atoms. The van der Waals surface area contributed by atoms with Crippen molar-refractivity contribution in [2.45, 2.75) is 4.90 Å². The Kier molecular flexibility index (Phi) is 7.03. The predicted octanol–water partition coefficient (Wildman–Crippen LogP) is 3.48. The third kappa shape index (κ3) is 5.58. The summed E-state index contributed by atoms with van der Waals surface area (Å²) in [5.74, 6) is -0.0585. The van der Waals surface area contributed by atoms with Gasteiger partial charge in [0.2, 0.25) is 10.0 Å². The number of benzene rings is 3. The summed E-state index contributed by atoms with van der Waals surface area (Å²) >= 11 is 4.24. The van der Waals surface area contributed by atoms with Crippen molar-refractivity contribution < 1.29 is 22.7 Å². The number of primary sulfonamides is 1. The number of methoxy groups -OCH3 is 1. The molecule has 0 aliphatic rings. The SMILES string of the molecule is COc1ccc(C(=O)Nc2ccccc2)cc1N(S)C(=O)Nc1ccc(S(N)(=O)=O)cc1. The molecular formula is C21H20N4O5S2. The molecule has 0 atom stereocenters. The molecule has 0 bridgehead atoms. The number of urea groups is 1. The van der Waals surface area contributed by atoms with Gasteiger partial charge in [-0.1, -0.05) is 31.0 Å². The van der Waals surface area contributed by atoms with Crippen LogP contribution in [0.15, 0.2) is 77.7 Å². The van der Waals surface area contributed by atoms with Crippen LogP contribution in [-0.2, 0) is 10.0 Å². The maximum atomic E-state index is 12.7. The first kappa shape index (κ1) is 23.1. The van der Waals surface area contributed by atoms with Crippen LogP contribution in [0, 0.1) is 0 Å². The number of carbonyl (C=O) groups excluding carboxylic acids is 2. The number of nitrogens with two attached hydrogens (primary N) is 1. The van der Waals surface area contributed by atoms with E-state index in [-0.39, 0.29) is 22.1 Å². The highest BCUT2D eigenvalue weighted by atomic mass is 32.2. The predicted molar refractivity (Wildman–Crippen MR) is 126 cm³/mol. The molecule has 3 aromatic carbocycles. The zero-order valence-corrected chi connectivity index (χ0v) is 18.6. The molecule has 3 rings (SSSR count). The molecule has 0 fully saturated rings. The highest BCUT2D eigenvalue weighted by Gasteiger charge is 2.19. The second-order valence-corrected chi connectivity index (χ2v) is 8.48. The summed E-state index contributed by atoms with van der Waals surface area (Å²) in [6.45, 7) is 0. The molecule has 166 valence electrons. The Morgan fingerprint density at radius 1 is 0.938 bits per heavy atom. The third-order valence-corrected chi connectivity index (χ3v) is 5.65. The van der Waals surface area contributed by atoms with Crippen molar-refractivity contribution >= 4 is 51.8 Å². The topological polar surface area (TPSA) is 131 Å². The molecular weight excluding hydrogens is 452 g/mol. The van der Waals surface area contributed by atoms with Crippen LogP contribution < -0.4 is 24.8 Å². The average molecular weight is 473 g/mol. The van der Waals surface area contributed by atoms with Gasteiger partial charge in [0, 0.05) is 16.9 Å². The van der Waals surface area contributed by atoms with Gasteiger partial charge in [0.25, 0.3) is 5.91 Å². The van der Waals surface area contributed by atoms with Gasteiger partial charge in [-0.2, -0.15) is 0 Å². The minimum atomic E-state index is -3.84. The van der Waals surface area contributed by atoms with E-state index in [0.717, 1.165) is 4.31 Å². The van der Waals surface area contributed by atoms with Crippen molar-refractivity contribution in [1.82, 2.24) is 0 Å². The lowest BCUT2D eigenvalue weighted by Gasteiger charge is -2.20.